The van der Waals surface area contributed by atoms with Crippen molar-refractivity contribution in [2.24, 2.45) is 0 Å². The van der Waals surface area contributed by atoms with Crippen molar-refractivity contribution < 1.29 is 23.0 Å². The molecular weight excluding hydrogens is 361 g/mol. The van der Waals surface area contributed by atoms with E-state index in [0.29, 0.717) is 16.1 Å². The SMILES string of the molecule is COc1cc(/C=C/C(=O)c2ccc(Cl)c(Cl)c2)ccc1OC(F)F. The van der Waals surface area contributed by atoms with E-state index >= 15 is 0 Å². The fourth-order valence-corrected chi connectivity index (χ4v) is 2.20. The summed E-state index contributed by atoms with van der Waals surface area (Å²) < 4.78 is 33.9. The largest absolute Gasteiger partial charge is 0.493 e. The van der Waals surface area contributed by atoms with Gasteiger partial charge in [0.2, 0.25) is 0 Å². The van der Waals surface area contributed by atoms with Crippen molar-refractivity contribution in [3.8, 4) is 11.5 Å². The second-order valence-corrected chi connectivity index (χ2v) is 5.43. The molecule has 0 saturated heterocycles. The lowest BCUT2D eigenvalue weighted by Gasteiger charge is -2.10. The zero-order chi connectivity index (χ0) is 17.7. The molecule has 0 atom stereocenters. The second-order valence-electron chi connectivity index (χ2n) is 4.62. The number of rotatable bonds is 6. The lowest BCUT2D eigenvalue weighted by Crippen LogP contribution is -2.03. The van der Waals surface area contributed by atoms with Crippen molar-refractivity contribution in [1.82, 2.24) is 0 Å². The summed E-state index contributed by atoms with van der Waals surface area (Å²) in [6.07, 6.45) is 2.86. The van der Waals surface area contributed by atoms with Crippen LogP contribution in [0.5, 0.6) is 11.5 Å². The Bertz CT molecular complexity index is 776. The fraction of sp³-hybridized carbons (Fsp3) is 0.118. The molecule has 0 saturated carbocycles. The van der Waals surface area contributed by atoms with Gasteiger partial charge in [0.05, 0.1) is 17.2 Å². The fourth-order valence-electron chi connectivity index (χ4n) is 1.90. The number of benzene rings is 2. The van der Waals surface area contributed by atoms with Gasteiger partial charge in [-0.1, -0.05) is 35.3 Å². The van der Waals surface area contributed by atoms with Gasteiger partial charge in [0, 0.05) is 5.56 Å². The molecule has 0 radical (unpaired) electrons. The zero-order valence-corrected chi connectivity index (χ0v) is 13.9. The highest BCUT2D eigenvalue weighted by Gasteiger charge is 2.11. The molecule has 0 N–H and O–H groups in total. The van der Waals surface area contributed by atoms with Gasteiger partial charge in [0.25, 0.3) is 0 Å². The van der Waals surface area contributed by atoms with Crippen LogP contribution in [0.4, 0.5) is 8.78 Å². The van der Waals surface area contributed by atoms with E-state index in [1.165, 1.54) is 49.6 Å². The minimum absolute atomic E-state index is 0.0829. The number of carbonyl (C=O) groups is 1. The van der Waals surface area contributed by atoms with Gasteiger partial charge in [-0.2, -0.15) is 8.78 Å². The first-order valence-corrected chi connectivity index (χ1v) is 7.46. The molecule has 2 rings (SSSR count). The van der Waals surface area contributed by atoms with E-state index in [2.05, 4.69) is 4.74 Å². The Morgan fingerprint density at radius 2 is 1.83 bits per heavy atom. The first-order valence-electron chi connectivity index (χ1n) is 6.71. The predicted molar refractivity (Wildman–Crippen MR) is 89.5 cm³/mol. The smallest absolute Gasteiger partial charge is 0.387 e. The summed E-state index contributed by atoms with van der Waals surface area (Å²) in [6.45, 7) is -2.95. The van der Waals surface area contributed by atoms with Gasteiger partial charge in [0.15, 0.2) is 17.3 Å². The number of carbonyl (C=O) groups excluding carboxylic acids is 1. The minimum Gasteiger partial charge on any atom is -0.493 e. The number of allylic oxidation sites excluding steroid dienone is 1. The quantitative estimate of drug-likeness (QED) is 0.496. The molecule has 126 valence electrons. The molecule has 0 unspecified atom stereocenters. The maximum absolute atomic E-state index is 12.3. The van der Waals surface area contributed by atoms with Crippen molar-refractivity contribution in [1.29, 1.82) is 0 Å². The highest BCUT2D eigenvalue weighted by molar-refractivity contribution is 6.42. The number of hydrogen-bond acceptors (Lipinski definition) is 3. The molecule has 0 aromatic heterocycles. The molecule has 0 bridgehead atoms. The van der Waals surface area contributed by atoms with Gasteiger partial charge in [-0.05, 0) is 42.0 Å². The lowest BCUT2D eigenvalue weighted by molar-refractivity contribution is -0.0512. The molecule has 0 spiro atoms. The molecule has 0 heterocycles. The summed E-state index contributed by atoms with van der Waals surface area (Å²) in [6, 6.07) is 8.91. The summed E-state index contributed by atoms with van der Waals surface area (Å²) in [4.78, 5) is 12.1. The third-order valence-electron chi connectivity index (χ3n) is 3.04. The zero-order valence-electron chi connectivity index (χ0n) is 12.4. The van der Waals surface area contributed by atoms with Gasteiger partial charge in [0.1, 0.15) is 0 Å². The Morgan fingerprint density at radius 3 is 2.46 bits per heavy atom. The van der Waals surface area contributed by atoms with Gasteiger partial charge in [-0.15, -0.1) is 0 Å². The molecule has 2 aromatic carbocycles. The van der Waals surface area contributed by atoms with Crippen molar-refractivity contribution in [3.05, 3.63) is 63.6 Å². The van der Waals surface area contributed by atoms with Crippen LogP contribution in [-0.4, -0.2) is 19.5 Å². The van der Waals surface area contributed by atoms with Crippen molar-refractivity contribution in [2.45, 2.75) is 6.61 Å². The standard InChI is InChI=1S/C17H12Cl2F2O3/c1-23-16-8-10(3-7-15(16)24-17(20)21)2-6-14(22)11-4-5-12(18)13(19)9-11/h2-9,17H,1H3/b6-2+. The second kappa shape index (κ2) is 8.13. The van der Waals surface area contributed by atoms with E-state index in [0.717, 1.165) is 0 Å². The first kappa shape index (κ1) is 18.2. The molecular formula is C17H12Cl2F2O3. The maximum Gasteiger partial charge on any atom is 0.387 e. The monoisotopic (exact) mass is 372 g/mol. The summed E-state index contributed by atoms with van der Waals surface area (Å²) in [5, 5.41) is 0.641. The summed E-state index contributed by atoms with van der Waals surface area (Å²) in [5.74, 6) is -0.222. The van der Waals surface area contributed by atoms with E-state index in [9.17, 15) is 13.6 Å². The van der Waals surface area contributed by atoms with Gasteiger partial charge in [-0.3, -0.25) is 4.79 Å². The number of hydrogen-bond donors (Lipinski definition) is 0. The average molecular weight is 373 g/mol. The number of ketones is 1. The number of alkyl halides is 2. The number of halogens is 4. The Labute approximate surface area is 147 Å². The molecule has 2 aromatic rings. The Morgan fingerprint density at radius 1 is 1.08 bits per heavy atom. The lowest BCUT2D eigenvalue weighted by atomic mass is 10.1. The summed E-state index contributed by atoms with van der Waals surface area (Å²) in [5.41, 5.74) is 0.965. The minimum atomic E-state index is -2.95. The molecule has 0 aliphatic heterocycles. The predicted octanol–water partition coefficient (Wildman–Crippen LogP) is 5.50. The third-order valence-corrected chi connectivity index (χ3v) is 3.77. The molecule has 24 heavy (non-hydrogen) atoms. The number of ether oxygens (including phenoxy) is 2. The van der Waals surface area contributed by atoms with Crippen LogP contribution in [0.2, 0.25) is 10.0 Å². The molecule has 3 nitrogen and oxygen atoms in total. The summed E-state index contributed by atoms with van der Waals surface area (Å²) >= 11 is 11.7. The van der Waals surface area contributed by atoms with E-state index in [1.54, 1.807) is 6.07 Å². The number of methoxy groups -OCH3 is 1. The molecule has 0 aliphatic carbocycles. The van der Waals surface area contributed by atoms with Gasteiger partial charge in [-0.25, -0.2) is 0 Å². The molecule has 0 fully saturated rings. The van der Waals surface area contributed by atoms with Crippen molar-refractivity contribution in [3.63, 3.8) is 0 Å². The van der Waals surface area contributed by atoms with Gasteiger partial charge < -0.3 is 9.47 Å². The van der Waals surface area contributed by atoms with E-state index in [4.69, 9.17) is 27.9 Å². The highest BCUT2D eigenvalue weighted by atomic mass is 35.5. The van der Waals surface area contributed by atoms with Crippen LogP contribution >= 0.6 is 23.2 Å². The normalized spacial score (nSPS) is 11.1. The van der Waals surface area contributed by atoms with Crippen molar-refractivity contribution in [2.75, 3.05) is 7.11 Å². The van der Waals surface area contributed by atoms with Crippen LogP contribution in [0.3, 0.4) is 0 Å². The van der Waals surface area contributed by atoms with Crippen LogP contribution in [0.25, 0.3) is 6.08 Å². The molecule has 7 heteroatoms. The van der Waals surface area contributed by atoms with Crippen LogP contribution < -0.4 is 9.47 Å². The molecule has 0 amide bonds. The van der Waals surface area contributed by atoms with Crippen LogP contribution in [0, 0.1) is 0 Å². The van der Waals surface area contributed by atoms with E-state index in [1.807, 2.05) is 0 Å². The Kier molecular flexibility index (Phi) is 6.17. The Balaban J connectivity index is 2.18. The van der Waals surface area contributed by atoms with E-state index in [-0.39, 0.29) is 22.3 Å². The van der Waals surface area contributed by atoms with Crippen molar-refractivity contribution >= 4 is 35.1 Å². The third kappa shape index (κ3) is 4.69. The highest BCUT2D eigenvalue weighted by Crippen LogP contribution is 2.30. The average Bonchev–Trinajstić information content (AvgIpc) is 2.55. The summed E-state index contributed by atoms with van der Waals surface area (Å²) in [7, 11) is 1.34. The first-order chi connectivity index (χ1) is 11.4. The Hall–Kier alpha value is -2.11. The van der Waals surface area contributed by atoms with Gasteiger partial charge >= 0.3 is 6.61 Å². The topological polar surface area (TPSA) is 35.5 Å². The molecule has 0 aliphatic rings. The van der Waals surface area contributed by atoms with E-state index < -0.39 is 6.61 Å². The van der Waals surface area contributed by atoms with Crippen LogP contribution in [0.1, 0.15) is 15.9 Å². The van der Waals surface area contributed by atoms with Crippen LogP contribution in [0.15, 0.2) is 42.5 Å². The maximum atomic E-state index is 12.3. The van der Waals surface area contributed by atoms with Crippen LogP contribution in [-0.2, 0) is 0 Å².